The third-order valence-corrected chi connectivity index (χ3v) is 5.33. The number of rotatable bonds is 6. The number of H-pyrrole nitrogens is 1. The molecule has 0 radical (unpaired) electrons. The fourth-order valence-corrected chi connectivity index (χ4v) is 3.70. The van der Waals surface area contributed by atoms with E-state index in [-0.39, 0.29) is 36.4 Å². The van der Waals surface area contributed by atoms with Gasteiger partial charge >= 0.3 is 0 Å². The Kier molecular flexibility index (Phi) is 5.71. The molecule has 1 saturated heterocycles. The summed E-state index contributed by atoms with van der Waals surface area (Å²) in [7, 11) is 1.78. The van der Waals surface area contributed by atoms with Crippen molar-refractivity contribution in [1.82, 2.24) is 24.6 Å². The molecule has 0 bridgehead atoms. The summed E-state index contributed by atoms with van der Waals surface area (Å²) in [6, 6.07) is 7.06. The molecular formula is C21H23N5O4. The molecule has 3 heterocycles. The number of piperidine rings is 1. The van der Waals surface area contributed by atoms with Crippen LogP contribution in [0.25, 0.3) is 10.9 Å². The molecule has 9 heteroatoms. The molecule has 156 valence electrons. The Balaban J connectivity index is 1.26. The van der Waals surface area contributed by atoms with Crippen LogP contribution >= 0.6 is 0 Å². The van der Waals surface area contributed by atoms with E-state index in [1.807, 2.05) is 6.07 Å². The first-order valence-electron chi connectivity index (χ1n) is 9.87. The number of aromatic amines is 1. The smallest absolute Gasteiger partial charge is 0.258 e. The van der Waals surface area contributed by atoms with E-state index in [1.165, 1.54) is 0 Å². The molecule has 9 nitrogen and oxygen atoms in total. The van der Waals surface area contributed by atoms with Crippen molar-refractivity contribution in [1.29, 1.82) is 0 Å². The number of aryl methyl sites for hydroxylation is 1. The molecule has 0 unspecified atom stereocenters. The maximum atomic E-state index is 12.5. The van der Waals surface area contributed by atoms with Crippen LogP contribution in [0.1, 0.15) is 29.0 Å². The standard InChI is InChI=1S/C21H23N5O4/c1-25-11-15(10-22-25)20(28)14-6-8-26(9-7-14)19(27)13-30-12-18-23-17-5-3-2-4-16(17)21(29)24-18/h2-5,10-11,14H,6-9,12-13H2,1H3,(H,23,24,29). The molecule has 1 aromatic carbocycles. The number of ether oxygens (including phenoxy) is 1. The lowest BCUT2D eigenvalue weighted by molar-refractivity contribution is -0.137. The SMILES string of the molecule is Cn1cc(C(=O)C2CCN(C(=O)COCc3nc4ccccc4c(=O)[nH]3)CC2)cn1. The largest absolute Gasteiger partial charge is 0.364 e. The summed E-state index contributed by atoms with van der Waals surface area (Å²) >= 11 is 0. The maximum Gasteiger partial charge on any atom is 0.258 e. The highest BCUT2D eigenvalue weighted by Gasteiger charge is 2.28. The summed E-state index contributed by atoms with van der Waals surface area (Å²) in [4.78, 5) is 45.8. The normalized spacial score (nSPS) is 14.9. The van der Waals surface area contributed by atoms with Crippen molar-refractivity contribution in [2.45, 2.75) is 19.4 Å². The number of nitrogens with one attached hydrogen (secondary N) is 1. The second-order valence-corrected chi connectivity index (χ2v) is 7.44. The van der Waals surface area contributed by atoms with Gasteiger partial charge < -0.3 is 14.6 Å². The molecule has 0 aliphatic carbocycles. The molecule has 3 aromatic rings. The van der Waals surface area contributed by atoms with Gasteiger partial charge in [0, 0.05) is 32.3 Å². The monoisotopic (exact) mass is 409 g/mol. The van der Waals surface area contributed by atoms with Crippen LogP contribution < -0.4 is 5.56 Å². The predicted octanol–water partition coefficient (Wildman–Crippen LogP) is 1.29. The Bertz CT molecular complexity index is 1130. The molecular weight excluding hydrogens is 386 g/mol. The van der Waals surface area contributed by atoms with Gasteiger partial charge in [-0.05, 0) is 25.0 Å². The minimum atomic E-state index is -0.231. The van der Waals surface area contributed by atoms with Crippen LogP contribution in [0.3, 0.4) is 0 Å². The molecule has 0 spiro atoms. The van der Waals surface area contributed by atoms with E-state index in [0.717, 1.165) is 0 Å². The zero-order chi connectivity index (χ0) is 21.1. The Morgan fingerprint density at radius 3 is 2.73 bits per heavy atom. The van der Waals surface area contributed by atoms with Crippen molar-refractivity contribution >= 4 is 22.6 Å². The summed E-state index contributed by atoms with van der Waals surface area (Å²) in [5.74, 6) is 0.238. The number of para-hydroxylation sites is 1. The number of fused-ring (bicyclic) bond motifs is 1. The van der Waals surface area contributed by atoms with Crippen LogP contribution in [-0.2, 0) is 23.2 Å². The molecule has 0 atom stereocenters. The highest BCUT2D eigenvalue weighted by atomic mass is 16.5. The van der Waals surface area contributed by atoms with Crippen LogP contribution in [0.4, 0.5) is 0 Å². The number of hydrogen-bond acceptors (Lipinski definition) is 6. The van der Waals surface area contributed by atoms with Crippen LogP contribution in [0.15, 0.2) is 41.5 Å². The fourth-order valence-electron chi connectivity index (χ4n) is 3.70. The Morgan fingerprint density at radius 1 is 1.23 bits per heavy atom. The zero-order valence-corrected chi connectivity index (χ0v) is 16.7. The summed E-state index contributed by atoms with van der Waals surface area (Å²) in [6.07, 6.45) is 4.55. The van der Waals surface area contributed by atoms with Crippen molar-refractivity contribution in [3.8, 4) is 0 Å². The van der Waals surface area contributed by atoms with Gasteiger partial charge in [-0.1, -0.05) is 12.1 Å². The van der Waals surface area contributed by atoms with Crippen molar-refractivity contribution in [3.63, 3.8) is 0 Å². The second-order valence-electron chi connectivity index (χ2n) is 7.44. The lowest BCUT2D eigenvalue weighted by atomic mass is 9.90. The number of Topliss-reactive ketones (excluding diaryl/α,β-unsaturated/α-hetero) is 1. The molecule has 1 aliphatic heterocycles. The van der Waals surface area contributed by atoms with Crippen LogP contribution in [-0.4, -0.2) is 56.0 Å². The van der Waals surface area contributed by atoms with Gasteiger partial charge in [0.05, 0.1) is 22.7 Å². The quantitative estimate of drug-likeness (QED) is 0.615. The number of carbonyl (C=O) groups is 2. The van der Waals surface area contributed by atoms with Crippen molar-refractivity contribution in [2.24, 2.45) is 13.0 Å². The average molecular weight is 409 g/mol. The number of nitrogens with zero attached hydrogens (tertiary/aromatic N) is 4. The van der Waals surface area contributed by atoms with Crippen LogP contribution in [0, 0.1) is 5.92 Å². The van der Waals surface area contributed by atoms with E-state index in [9.17, 15) is 14.4 Å². The minimum Gasteiger partial charge on any atom is -0.364 e. The van der Waals surface area contributed by atoms with E-state index in [1.54, 1.807) is 47.2 Å². The highest BCUT2D eigenvalue weighted by Crippen LogP contribution is 2.21. The maximum absolute atomic E-state index is 12.5. The molecule has 1 aliphatic rings. The van der Waals surface area contributed by atoms with Gasteiger partial charge in [-0.15, -0.1) is 0 Å². The first-order valence-corrected chi connectivity index (χ1v) is 9.87. The number of carbonyl (C=O) groups excluding carboxylic acids is 2. The molecule has 4 rings (SSSR count). The summed E-state index contributed by atoms with van der Waals surface area (Å²) in [6.45, 7) is 0.980. The van der Waals surface area contributed by atoms with Crippen LogP contribution in [0.5, 0.6) is 0 Å². The highest BCUT2D eigenvalue weighted by molar-refractivity contribution is 5.97. The number of benzene rings is 1. The predicted molar refractivity (Wildman–Crippen MR) is 109 cm³/mol. The third kappa shape index (κ3) is 4.30. The molecule has 1 N–H and O–H groups in total. The van der Waals surface area contributed by atoms with E-state index in [2.05, 4.69) is 15.1 Å². The first kappa shape index (κ1) is 20.0. The van der Waals surface area contributed by atoms with Gasteiger partial charge in [0.15, 0.2) is 5.78 Å². The molecule has 30 heavy (non-hydrogen) atoms. The van der Waals surface area contributed by atoms with Crippen molar-refractivity contribution < 1.29 is 14.3 Å². The lowest BCUT2D eigenvalue weighted by Crippen LogP contribution is -2.42. The number of ketones is 1. The first-order chi connectivity index (χ1) is 14.5. The molecule has 1 fully saturated rings. The van der Waals surface area contributed by atoms with Gasteiger partial charge in [-0.2, -0.15) is 5.10 Å². The molecule has 0 saturated carbocycles. The number of amides is 1. The van der Waals surface area contributed by atoms with Crippen molar-refractivity contribution in [2.75, 3.05) is 19.7 Å². The third-order valence-electron chi connectivity index (χ3n) is 5.33. The topological polar surface area (TPSA) is 110 Å². The average Bonchev–Trinajstić information content (AvgIpc) is 3.19. The lowest BCUT2D eigenvalue weighted by Gasteiger charge is -2.31. The van der Waals surface area contributed by atoms with Gasteiger partial charge in [-0.25, -0.2) is 4.98 Å². The van der Waals surface area contributed by atoms with E-state index >= 15 is 0 Å². The number of hydrogen-bond donors (Lipinski definition) is 1. The fraction of sp³-hybridized carbons (Fsp3) is 0.381. The van der Waals surface area contributed by atoms with E-state index in [0.29, 0.717) is 48.2 Å². The number of likely N-dealkylation sites (tertiary alicyclic amines) is 1. The van der Waals surface area contributed by atoms with Gasteiger partial charge in [-0.3, -0.25) is 19.1 Å². The summed E-state index contributed by atoms with van der Waals surface area (Å²) in [5, 5.41) is 4.56. The molecule has 2 aromatic heterocycles. The van der Waals surface area contributed by atoms with Gasteiger partial charge in [0.1, 0.15) is 19.0 Å². The summed E-state index contributed by atoms with van der Waals surface area (Å²) in [5.41, 5.74) is 0.972. The molecule has 1 amide bonds. The van der Waals surface area contributed by atoms with Gasteiger partial charge in [0.25, 0.3) is 5.56 Å². The van der Waals surface area contributed by atoms with E-state index in [4.69, 9.17) is 4.74 Å². The Morgan fingerprint density at radius 2 is 2.00 bits per heavy atom. The second kappa shape index (κ2) is 8.58. The Hall–Kier alpha value is -3.33. The Labute approximate surface area is 172 Å². The van der Waals surface area contributed by atoms with Crippen LogP contribution in [0.2, 0.25) is 0 Å². The minimum absolute atomic E-state index is 0.0434. The van der Waals surface area contributed by atoms with Gasteiger partial charge in [0.2, 0.25) is 5.91 Å². The van der Waals surface area contributed by atoms with E-state index < -0.39 is 0 Å². The number of aromatic nitrogens is 4. The van der Waals surface area contributed by atoms with Crippen molar-refractivity contribution in [3.05, 3.63) is 58.4 Å². The summed E-state index contributed by atoms with van der Waals surface area (Å²) < 4.78 is 7.10. The zero-order valence-electron chi connectivity index (χ0n) is 16.7.